The van der Waals surface area contributed by atoms with Gasteiger partial charge in [-0.15, -0.1) is 0 Å². The first-order chi connectivity index (χ1) is 15.0. The third-order valence-corrected chi connectivity index (χ3v) is 6.07. The Morgan fingerprint density at radius 3 is 2.71 bits per heavy atom. The normalized spacial score (nSPS) is 11.0. The van der Waals surface area contributed by atoms with E-state index in [1.54, 1.807) is 41.1 Å². The van der Waals surface area contributed by atoms with Gasteiger partial charge in [-0.25, -0.2) is 4.98 Å². The third kappa shape index (κ3) is 4.11. The van der Waals surface area contributed by atoms with Crippen LogP contribution in [0.3, 0.4) is 0 Å². The lowest BCUT2D eigenvalue weighted by Crippen LogP contribution is -2.34. The predicted octanol–water partition coefficient (Wildman–Crippen LogP) is 4.47. The van der Waals surface area contributed by atoms with Crippen LogP contribution in [0.4, 0.5) is 5.13 Å². The number of aryl methyl sites for hydroxylation is 2. The summed E-state index contributed by atoms with van der Waals surface area (Å²) in [5.41, 5.74) is 3.61. The zero-order valence-corrected chi connectivity index (χ0v) is 18.8. The van der Waals surface area contributed by atoms with Gasteiger partial charge in [0.15, 0.2) is 16.6 Å². The molecule has 4 rings (SSSR count). The molecule has 8 heteroatoms. The molecular weight excluding hydrogens is 412 g/mol. The van der Waals surface area contributed by atoms with Gasteiger partial charge in [0.05, 0.1) is 36.5 Å². The summed E-state index contributed by atoms with van der Waals surface area (Å²) in [4.78, 5) is 20.2. The smallest absolute Gasteiger partial charge is 0.264 e. The van der Waals surface area contributed by atoms with E-state index in [1.165, 1.54) is 24.0 Å². The minimum absolute atomic E-state index is 0.198. The molecule has 0 fully saturated rings. The number of aromatic nitrogens is 3. The first-order valence-electron chi connectivity index (χ1n) is 9.90. The summed E-state index contributed by atoms with van der Waals surface area (Å²) < 4.78 is 13.8. The second-order valence-electron chi connectivity index (χ2n) is 7.19. The number of para-hydroxylation sites is 1. The molecular formula is C23H24N4O3S. The van der Waals surface area contributed by atoms with Gasteiger partial charge in [0.25, 0.3) is 5.91 Å². The summed E-state index contributed by atoms with van der Waals surface area (Å²) >= 11 is 1.51. The largest absolute Gasteiger partial charge is 0.493 e. The van der Waals surface area contributed by atoms with Gasteiger partial charge in [-0.3, -0.25) is 14.4 Å². The Labute approximate surface area is 184 Å². The topological polar surface area (TPSA) is 69.5 Å². The Bertz CT molecular complexity index is 1220. The van der Waals surface area contributed by atoms with E-state index in [-0.39, 0.29) is 5.91 Å². The molecule has 0 aliphatic rings. The van der Waals surface area contributed by atoms with Crippen LogP contribution in [-0.4, -0.2) is 41.4 Å². The van der Waals surface area contributed by atoms with Crippen molar-refractivity contribution in [2.45, 2.75) is 20.4 Å². The maximum absolute atomic E-state index is 13.7. The van der Waals surface area contributed by atoms with Gasteiger partial charge in [0.2, 0.25) is 0 Å². The summed E-state index contributed by atoms with van der Waals surface area (Å²) in [6.07, 6.45) is 3.60. The maximum Gasteiger partial charge on any atom is 0.264 e. The molecule has 0 radical (unpaired) electrons. The Kier molecular flexibility index (Phi) is 5.90. The van der Waals surface area contributed by atoms with E-state index in [2.05, 4.69) is 24.2 Å². The van der Waals surface area contributed by atoms with Crippen LogP contribution in [0, 0.1) is 13.8 Å². The molecule has 0 unspecified atom stereocenters. The lowest BCUT2D eigenvalue weighted by atomic mass is 10.1. The molecule has 0 N–H and O–H groups in total. The van der Waals surface area contributed by atoms with E-state index < -0.39 is 0 Å². The number of ether oxygens (including phenoxy) is 2. The van der Waals surface area contributed by atoms with Gasteiger partial charge >= 0.3 is 0 Å². The van der Waals surface area contributed by atoms with Crippen molar-refractivity contribution in [3.05, 3.63) is 65.5 Å². The fourth-order valence-corrected chi connectivity index (χ4v) is 4.76. The van der Waals surface area contributed by atoms with Gasteiger partial charge in [-0.2, -0.15) is 5.10 Å². The quantitative estimate of drug-likeness (QED) is 0.427. The number of rotatable bonds is 7. The standard InChI is InChI=1S/C23H24N4O3S/c1-15-13-16(2)20-19(14-15)31-23(25-20)27(12-11-26-10-6-9-24-26)22(28)17-7-5-8-18(29-3)21(17)30-4/h5-10,13-14H,11-12H2,1-4H3. The SMILES string of the molecule is COc1cccc(C(=O)N(CCn2cccn2)c2nc3c(C)cc(C)cc3s2)c1OC. The van der Waals surface area contributed by atoms with Crippen LogP contribution < -0.4 is 14.4 Å². The van der Waals surface area contributed by atoms with Crippen LogP contribution in [0.5, 0.6) is 11.5 Å². The van der Waals surface area contributed by atoms with Crippen LogP contribution in [0.2, 0.25) is 0 Å². The summed E-state index contributed by atoms with van der Waals surface area (Å²) in [6, 6.07) is 11.4. The summed E-state index contributed by atoms with van der Waals surface area (Å²) in [6.45, 7) is 5.06. The minimum Gasteiger partial charge on any atom is -0.493 e. The van der Waals surface area contributed by atoms with Crippen molar-refractivity contribution in [2.24, 2.45) is 0 Å². The van der Waals surface area contributed by atoms with Crippen molar-refractivity contribution in [3.8, 4) is 11.5 Å². The number of benzene rings is 2. The Morgan fingerprint density at radius 1 is 1.16 bits per heavy atom. The first-order valence-corrected chi connectivity index (χ1v) is 10.7. The monoisotopic (exact) mass is 436 g/mol. The average molecular weight is 437 g/mol. The zero-order valence-electron chi connectivity index (χ0n) is 18.0. The van der Waals surface area contributed by atoms with E-state index in [1.807, 2.05) is 19.2 Å². The van der Waals surface area contributed by atoms with Gasteiger partial charge < -0.3 is 9.47 Å². The number of methoxy groups -OCH3 is 2. The highest BCUT2D eigenvalue weighted by atomic mass is 32.1. The molecule has 7 nitrogen and oxygen atoms in total. The number of hydrogen-bond donors (Lipinski definition) is 0. The molecule has 2 heterocycles. The van der Waals surface area contributed by atoms with E-state index in [0.29, 0.717) is 35.3 Å². The number of thiazole rings is 1. The van der Waals surface area contributed by atoms with Crippen LogP contribution in [0.1, 0.15) is 21.5 Å². The molecule has 0 atom stereocenters. The van der Waals surface area contributed by atoms with E-state index in [9.17, 15) is 4.79 Å². The lowest BCUT2D eigenvalue weighted by molar-refractivity contribution is 0.0982. The van der Waals surface area contributed by atoms with Crippen molar-refractivity contribution in [1.82, 2.24) is 14.8 Å². The Hall–Kier alpha value is -3.39. The molecule has 0 bridgehead atoms. The van der Waals surface area contributed by atoms with Gasteiger partial charge in [0.1, 0.15) is 0 Å². The van der Waals surface area contributed by atoms with Gasteiger partial charge in [0, 0.05) is 18.9 Å². The van der Waals surface area contributed by atoms with Crippen molar-refractivity contribution < 1.29 is 14.3 Å². The molecule has 2 aromatic carbocycles. The fourth-order valence-electron chi connectivity index (χ4n) is 3.59. The number of fused-ring (bicyclic) bond motifs is 1. The second-order valence-corrected chi connectivity index (χ2v) is 8.20. The number of nitrogens with zero attached hydrogens (tertiary/aromatic N) is 4. The van der Waals surface area contributed by atoms with E-state index >= 15 is 0 Å². The Balaban J connectivity index is 1.78. The lowest BCUT2D eigenvalue weighted by Gasteiger charge is -2.21. The molecule has 160 valence electrons. The number of amides is 1. The fraction of sp³-hybridized carbons (Fsp3) is 0.261. The second kappa shape index (κ2) is 8.77. The van der Waals surface area contributed by atoms with Gasteiger partial charge in [-0.1, -0.05) is 23.5 Å². The molecule has 2 aromatic heterocycles. The molecule has 1 amide bonds. The molecule has 0 spiro atoms. The third-order valence-electron chi connectivity index (χ3n) is 5.04. The van der Waals surface area contributed by atoms with Crippen LogP contribution in [-0.2, 0) is 6.54 Å². The maximum atomic E-state index is 13.7. The highest BCUT2D eigenvalue weighted by molar-refractivity contribution is 7.22. The average Bonchev–Trinajstić information content (AvgIpc) is 3.43. The summed E-state index contributed by atoms with van der Waals surface area (Å²) in [7, 11) is 3.09. The minimum atomic E-state index is -0.198. The van der Waals surface area contributed by atoms with E-state index in [4.69, 9.17) is 14.5 Å². The van der Waals surface area contributed by atoms with Gasteiger partial charge in [-0.05, 0) is 49.2 Å². The van der Waals surface area contributed by atoms with Crippen LogP contribution >= 0.6 is 11.3 Å². The predicted molar refractivity (Wildman–Crippen MR) is 123 cm³/mol. The highest BCUT2D eigenvalue weighted by Crippen LogP contribution is 2.35. The molecule has 0 aliphatic heterocycles. The summed E-state index contributed by atoms with van der Waals surface area (Å²) in [5.74, 6) is 0.722. The van der Waals surface area contributed by atoms with Crippen LogP contribution in [0.15, 0.2) is 48.8 Å². The number of hydrogen-bond acceptors (Lipinski definition) is 6. The molecule has 4 aromatic rings. The van der Waals surface area contributed by atoms with Crippen molar-refractivity contribution >= 4 is 32.6 Å². The summed E-state index contributed by atoms with van der Waals surface area (Å²) in [5, 5.41) is 4.90. The molecule has 31 heavy (non-hydrogen) atoms. The molecule has 0 aliphatic carbocycles. The van der Waals surface area contributed by atoms with Crippen molar-refractivity contribution in [1.29, 1.82) is 0 Å². The zero-order chi connectivity index (χ0) is 22.0. The highest BCUT2D eigenvalue weighted by Gasteiger charge is 2.26. The number of carbonyl (C=O) groups is 1. The van der Waals surface area contributed by atoms with E-state index in [0.717, 1.165) is 15.8 Å². The Morgan fingerprint density at radius 2 is 2.00 bits per heavy atom. The van der Waals surface area contributed by atoms with Crippen molar-refractivity contribution in [2.75, 3.05) is 25.7 Å². The van der Waals surface area contributed by atoms with Crippen LogP contribution in [0.25, 0.3) is 10.2 Å². The first kappa shape index (κ1) is 20.9. The number of anilines is 1. The molecule has 0 saturated heterocycles. The molecule has 0 saturated carbocycles. The number of carbonyl (C=O) groups excluding carboxylic acids is 1. The van der Waals surface area contributed by atoms with Crippen molar-refractivity contribution in [3.63, 3.8) is 0 Å².